The number of hydrogen-bond acceptors (Lipinski definition) is 12. The molecule has 4 atom stereocenters. The van der Waals surface area contributed by atoms with Crippen molar-refractivity contribution in [2.45, 2.75) is 77.9 Å². The molecule has 0 radical (unpaired) electrons. The Kier molecular flexibility index (Phi) is 18.7. The number of rotatable bonds is 20. The Balaban J connectivity index is 0.864. The number of alkyl halides is 3. The van der Waals surface area contributed by atoms with Crippen molar-refractivity contribution in [3.63, 3.8) is 0 Å². The van der Waals surface area contributed by atoms with E-state index < -0.39 is 70.0 Å². The number of β-amino-alcohol motifs (C(OH)–C–C–N with tert-alkyl or cyclic N) is 1. The van der Waals surface area contributed by atoms with Crippen LogP contribution in [-0.2, 0) is 30.0 Å². The second-order valence-electron chi connectivity index (χ2n) is 17.9. The highest BCUT2D eigenvalue weighted by molar-refractivity contribution is 7.13. The molecule has 72 heavy (non-hydrogen) atoms. The first-order valence-electron chi connectivity index (χ1n) is 22.9. The number of nitrogens with one attached hydrogen (secondary N) is 5. The summed E-state index contributed by atoms with van der Waals surface area (Å²) in [5, 5.41) is 23.5. The molecule has 1 aliphatic rings. The van der Waals surface area contributed by atoms with Gasteiger partial charge in [0.15, 0.2) is 0 Å². The molecule has 0 bridgehead atoms. The lowest BCUT2D eigenvalue weighted by Gasteiger charge is -2.35. The van der Waals surface area contributed by atoms with Crippen LogP contribution in [-0.4, -0.2) is 107 Å². The molecule has 0 spiro atoms. The highest BCUT2D eigenvalue weighted by atomic mass is 35.5. The summed E-state index contributed by atoms with van der Waals surface area (Å²) >= 11 is 7.20. The number of aromatic nitrogens is 2. The molecule has 0 aliphatic carbocycles. The summed E-state index contributed by atoms with van der Waals surface area (Å²) < 4.78 is 56.5. The molecule has 6 amide bonds. The maximum atomic E-state index is 14.0. The third-order valence-corrected chi connectivity index (χ3v) is 12.6. The molecule has 1 fully saturated rings. The predicted octanol–water partition coefficient (Wildman–Crippen LogP) is 8.15. The van der Waals surface area contributed by atoms with Crippen LogP contribution in [0, 0.1) is 12.3 Å². The molecule has 0 unspecified atom stereocenters. The molecule has 17 nitrogen and oxygen atoms in total. The average Bonchev–Trinajstić information content (AvgIpc) is 3.95. The first-order chi connectivity index (χ1) is 34.2. The zero-order valence-corrected chi connectivity index (χ0v) is 41.7. The van der Waals surface area contributed by atoms with Crippen molar-refractivity contribution in [3.05, 3.63) is 118 Å². The molecule has 1 aliphatic heterocycles. The van der Waals surface area contributed by atoms with Crippen molar-refractivity contribution in [1.29, 1.82) is 0 Å². The Morgan fingerprint density at radius 2 is 1.54 bits per heavy atom. The van der Waals surface area contributed by atoms with Gasteiger partial charge in [0.1, 0.15) is 29.3 Å². The zero-order chi connectivity index (χ0) is 52.2. The number of aliphatic hydroxyl groups excluding tert-OH is 1. The molecule has 3 heterocycles. The van der Waals surface area contributed by atoms with Crippen LogP contribution in [0.5, 0.6) is 11.5 Å². The molecule has 6 N–H and O–H groups in total. The molecular formula is C50H56ClF3N8O9S. The quantitative estimate of drug-likeness (QED) is 0.0408. The summed E-state index contributed by atoms with van der Waals surface area (Å²) in [5.41, 5.74) is 3.12. The Labute approximate surface area is 423 Å². The number of urea groups is 1. The number of thiazole rings is 1. The van der Waals surface area contributed by atoms with Gasteiger partial charge in [-0.25, -0.2) is 9.78 Å². The summed E-state index contributed by atoms with van der Waals surface area (Å²) in [5.74, 6) is -1.13. The average molecular weight is 1040 g/mol. The van der Waals surface area contributed by atoms with Crippen LogP contribution in [0.2, 0.25) is 5.02 Å². The van der Waals surface area contributed by atoms with Gasteiger partial charge < -0.3 is 50.8 Å². The maximum Gasteiger partial charge on any atom is 0.417 e. The minimum absolute atomic E-state index is 0.0398. The summed E-state index contributed by atoms with van der Waals surface area (Å²) in [6.45, 7) is 9.84. The standard InChI is InChI=1S/C50H56ClF3N8O9S/c1-29(31-6-8-32(9-7-31)43-30(2)57-28-72-43)58-46(66)41-25-35(63)27-62(41)47(67)44(49(3,4)5)61-42(64)17-20-69-22-23-70-21-19-56-45(65)40-26-37(16-18-55-40)71-36-13-10-33(11-14-36)59-48(68)60-34-12-15-39(51)38(24-34)50(52,53)54/h6-16,18,24,26,28-29,35,41,44,63H,17,19-23,25,27H2,1-5H3,(H,56,65)(H,58,66)(H,61,64)(H2,59,60,68)/t29-,35-,41+,44+/m0/s1. The third-order valence-electron chi connectivity index (χ3n) is 11.3. The van der Waals surface area contributed by atoms with E-state index in [9.17, 15) is 42.3 Å². The second-order valence-corrected chi connectivity index (χ2v) is 19.1. The van der Waals surface area contributed by atoms with E-state index in [-0.39, 0.29) is 69.8 Å². The monoisotopic (exact) mass is 1040 g/mol. The van der Waals surface area contributed by atoms with Gasteiger partial charge in [-0.15, -0.1) is 11.3 Å². The number of amides is 6. The summed E-state index contributed by atoms with van der Waals surface area (Å²) in [6.07, 6.45) is -4.20. The number of halogens is 4. The smallest absolute Gasteiger partial charge is 0.417 e. The minimum Gasteiger partial charge on any atom is -0.457 e. The van der Waals surface area contributed by atoms with Crippen molar-refractivity contribution < 1.29 is 56.5 Å². The lowest BCUT2D eigenvalue weighted by molar-refractivity contribution is -0.144. The Bertz CT molecular complexity index is 2690. The number of pyridine rings is 1. The summed E-state index contributed by atoms with van der Waals surface area (Å²) in [6, 6.07) is 16.8. The number of nitrogens with zero attached hydrogens (tertiary/aromatic N) is 3. The molecule has 2 aromatic heterocycles. The van der Waals surface area contributed by atoms with E-state index in [0.717, 1.165) is 33.8 Å². The number of carbonyl (C=O) groups is 5. The molecule has 22 heteroatoms. The van der Waals surface area contributed by atoms with Gasteiger partial charge in [-0.3, -0.25) is 24.2 Å². The van der Waals surface area contributed by atoms with Gasteiger partial charge in [0, 0.05) is 49.6 Å². The van der Waals surface area contributed by atoms with Gasteiger partial charge in [-0.05, 0) is 78.9 Å². The van der Waals surface area contributed by atoms with E-state index in [1.54, 1.807) is 22.9 Å². The van der Waals surface area contributed by atoms with Gasteiger partial charge >= 0.3 is 12.2 Å². The number of carbonyl (C=O) groups excluding carboxylic acids is 5. The van der Waals surface area contributed by atoms with Gasteiger partial charge in [-0.1, -0.05) is 56.6 Å². The van der Waals surface area contributed by atoms with Crippen molar-refractivity contribution >= 4 is 64.0 Å². The van der Waals surface area contributed by atoms with Crippen molar-refractivity contribution in [2.24, 2.45) is 5.41 Å². The Morgan fingerprint density at radius 3 is 2.21 bits per heavy atom. The van der Waals surface area contributed by atoms with E-state index in [1.807, 2.05) is 58.9 Å². The van der Waals surface area contributed by atoms with Crippen LogP contribution in [0.25, 0.3) is 10.4 Å². The summed E-state index contributed by atoms with van der Waals surface area (Å²) in [4.78, 5) is 76.8. The highest BCUT2D eigenvalue weighted by Crippen LogP contribution is 2.36. The van der Waals surface area contributed by atoms with Crippen LogP contribution in [0.4, 0.5) is 29.3 Å². The first kappa shape index (κ1) is 54.7. The molecule has 6 rings (SSSR count). The first-order valence-corrected chi connectivity index (χ1v) is 24.1. The van der Waals surface area contributed by atoms with Gasteiger partial charge in [0.2, 0.25) is 17.7 Å². The number of anilines is 2. The number of hydrogen-bond donors (Lipinski definition) is 6. The van der Waals surface area contributed by atoms with E-state index >= 15 is 0 Å². The number of likely N-dealkylation sites (tertiary alicyclic amines) is 1. The normalized spacial score (nSPS) is 15.6. The van der Waals surface area contributed by atoms with Crippen LogP contribution >= 0.6 is 22.9 Å². The lowest BCUT2D eigenvalue weighted by Crippen LogP contribution is -2.58. The SMILES string of the molecule is Cc1ncsc1-c1ccc([C@H](C)NC(=O)[C@H]2C[C@H](O)CN2C(=O)[C@@H](NC(=O)CCOCCOCCNC(=O)c2cc(Oc3ccc(NC(=O)Nc4ccc(Cl)c(C(F)(F)F)c4)cc3)ccn2)C(C)(C)C)cc1. The topological polar surface area (TPSA) is 222 Å². The van der Waals surface area contributed by atoms with E-state index in [0.29, 0.717) is 17.2 Å². The molecule has 5 aromatic rings. The zero-order valence-electron chi connectivity index (χ0n) is 40.1. The molecule has 0 saturated carbocycles. The number of aryl methyl sites for hydroxylation is 1. The van der Waals surface area contributed by atoms with Crippen LogP contribution in [0.15, 0.2) is 90.6 Å². The van der Waals surface area contributed by atoms with Crippen LogP contribution in [0.3, 0.4) is 0 Å². The van der Waals surface area contributed by atoms with Crippen molar-refractivity contribution in [1.82, 2.24) is 30.8 Å². The molecule has 3 aromatic carbocycles. The van der Waals surface area contributed by atoms with Crippen molar-refractivity contribution in [3.8, 4) is 21.9 Å². The number of aliphatic hydroxyl groups is 1. The van der Waals surface area contributed by atoms with Gasteiger partial charge in [-0.2, -0.15) is 13.2 Å². The van der Waals surface area contributed by atoms with Gasteiger partial charge in [0.05, 0.1) is 65.2 Å². The fourth-order valence-electron chi connectivity index (χ4n) is 7.52. The van der Waals surface area contributed by atoms with E-state index in [1.165, 1.54) is 47.5 Å². The van der Waals surface area contributed by atoms with Gasteiger partial charge in [0.25, 0.3) is 5.91 Å². The third kappa shape index (κ3) is 15.4. The van der Waals surface area contributed by atoms with Crippen LogP contribution < -0.4 is 31.3 Å². The highest BCUT2D eigenvalue weighted by Gasteiger charge is 2.44. The second kappa shape index (κ2) is 24.7. The minimum atomic E-state index is -4.69. The van der Waals surface area contributed by atoms with E-state index in [4.69, 9.17) is 25.8 Å². The number of benzene rings is 3. The van der Waals surface area contributed by atoms with Crippen LogP contribution in [0.1, 0.15) is 73.9 Å². The van der Waals surface area contributed by atoms with Crippen molar-refractivity contribution in [2.75, 3.05) is 50.2 Å². The fourth-order valence-corrected chi connectivity index (χ4v) is 8.55. The predicted molar refractivity (Wildman–Crippen MR) is 265 cm³/mol. The Hall–Kier alpha value is -6.65. The Morgan fingerprint density at radius 1 is 0.861 bits per heavy atom. The largest absolute Gasteiger partial charge is 0.457 e. The summed E-state index contributed by atoms with van der Waals surface area (Å²) in [7, 11) is 0. The fraction of sp³-hybridized carbons (Fsp3) is 0.380. The van der Waals surface area contributed by atoms with E-state index in [2.05, 4.69) is 36.6 Å². The maximum absolute atomic E-state index is 14.0. The molecular weight excluding hydrogens is 981 g/mol. The molecule has 384 valence electrons. The lowest BCUT2D eigenvalue weighted by atomic mass is 9.85. The number of ether oxygens (including phenoxy) is 3. The molecule has 1 saturated heterocycles.